The largest absolute Gasteiger partial charge is 0.337 e. The Hall–Kier alpha value is -2.48. The minimum Gasteiger partial charge on any atom is -0.337 e. The van der Waals surface area contributed by atoms with E-state index in [0.717, 1.165) is 20.1 Å². The zero-order valence-electron chi connectivity index (χ0n) is 14.2. The van der Waals surface area contributed by atoms with Gasteiger partial charge in [-0.15, -0.1) is 11.3 Å². The number of amides is 4. The summed E-state index contributed by atoms with van der Waals surface area (Å²) in [4.78, 5) is 42.8. The highest BCUT2D eigenvalue weighted by Crippen LogP contribution is 2.29. The third-order valence-electron chi connectivity index (χ3n) is 4.35. The number of para-hydroxylation sites is 1. The number of aromatic nitrogens is 1. The molecule has 0 saturated carbocycles. The maximum Gasteiger partial charge on any atom is 0.324 e. The molecule has 8 heteroatoms. The van der Waals surface area contributed by atoms with Gasteiger partial charge in [-0.1, -0.05) is 12.1 Å². The Bertz CT molecular complexity index is 770. The highest BCUT2D eigenvalue weighted by atomic mass is 32.1. The molecule has 2 aromatic rings. The minimum atomic E-state index is -0.381. The van der Waals surface area contributed by atoms with E-state index in [1.165, 1.54) is 0 Å². The molecule has 4 amide bonds. The van der Waals surface area contributed by atoms with Gasteiger partial charge in [0.1, 0.15) is 5.01 Å². The number of hydrogen-bond donors (Lipinski definition) is 1. The number of imide groups is 1. The van der Waals surface area contributed by atoms with Crippen molar-refractivity contribution in [2.45, 2.75) is 25.8 Å². The van der Waals surface area contributed by atoms with Gasteiger partial charge in [0.25, 0.3) is 0 Å². The quantitative estimate of drug-likeness (QED) is 0.800. The summed E-state index contributed by atoms with van der Waals surface area (Å²) in [6.45, 7) is 2.26. The molecule has 25 heavy (non-hydrogen) atoms. The van der Waals surface area contributed by atoms with Gasteiger partial charge < -0.3 is 10.2 Å². The van der Waals surface area contributed by atoms with Crippen molar-refractivity contribution in [2.75, 3.05) is 20.1 Å². The van der Waals surface area contributed by atoms with Gasteiger partial charge in [-0.25, -0.2) is 9.78 Å². The Morgan fingerprint density at radius 2 is 2.16 bits per heavy atom. The number of hydrogen-bond acceptors (Lipinski definition) is 5. The van der Waals surface area contributed by atoms with Crippen molar-refractivity contribution in [1.82, 2.24) is 20.1 Å². The number of carbonyl (C=O) groups is 3. The number of thiazole rings is 1. The summed E-state index contributed by atoms with van der Waals surface area (Å²) in [5.74, 6) is -0.271. The number of benzene rings is 1. The molecule has 1 aliphatic heterocycles. The Morgan fingerprint density at radius 3 is 2.84 bits per heavy atom. The van der Waals surface area contributed by atoms with E-state index < -0.39 is 0 Å². The molecule has 7 nitrogen and oxygen atoms in total. The minimum absolute atomic E-state index is 0.0289. The summed E-state index contributed by atoms with van der Waals surface area (Å²) in [6, 6.07) is 7.39. The number of carbonyl (C=O) groups excluding carboxylic acids is 3. The number of fused-ring (bicyclic) bond motifs is 1. The molecule has 2 heterocycles. The molecular formula is C17H20N4O3S. The fourth-order valence-electron chi connectivity index (χ4n) is 2.70. The van der Waals surface area contributed by atoms with Crippen LogP contribution in [0.15, 0.2) is 24.3 Å². The lowest BCUT2D eigenvalue weighted by atomic mass is 10.2. The Kier molecular flexibility index (Phi) is 4.98. The summed E-state index contributed by atoms with van der Waals surface area (Å²) in [5.41, 5.74) is 0.939. The van der Waals surface area contributed by atoms with Crippen molar-refractivity contribution < 1.29 is 14.4 Å². The average molecular weight is 360 g/mol. The monoisotopic (exact) mass is 360 g/mol. The molecule has 1 N–H and O–H groups in total. The van der Waals surface area contributed by atoms with Crippen LogP contribution < -0.4 is 5.32 Å². The predicted molar refractivity (Wildman–Crippen MR) is 95.2 cm³/mol. The molecule has 1 aliphatic rings. The molecule has 0 bridgehead atoms. The summed E-state index contributed by atoms with van der Waals surface area (Å²) in [7, 11) is 1.76. The lowest BCUT2D eigenvalue weighted by molar-refractivity contribution is -0.132. The van der Waals surface area contributed by atoms with Gasteiger partial charge in [-0.05, 0) is 25.5 Å². The average Bonchev–Trinajstić information content (AvgIpc) is 3.18. The van der Waals surface area contributed by atoms with Crippen LogP contribution in [0, 0.1) is 0 Å². The molecule has 1 atom stereocenters. The Morgan fingerprint density at radius 1 is 1.40 bits per heavy atom. The van der Waals surface area contributed by atoms with Crippen molar-refractivity contribution in [3.8, 4) is 0 Å². The van der Waals surface area contributed by atoms with Crippen molar-refractivity contribution in [3.63, 3.8) is 0 Å². The van der Waals surface area contributed by atoms with Crippen molar-refractivity contribution in [1.29, 1.82) is 0 Å². The molecule has 1 fully saturated rings. The normalized spacial score (nSPS) is 15.5. The first-order valence-corrected chi connectivity index (χ1v) is 8.98. The lowest BCUT2D eigenvalue weighted by Crippen LogP contribution is -2.34. The first kappa shape index (κ1) is 17.3. The smallest absolute Gasteiger partial charge is 0.324 e. The third kappa shape index (κ3) is 3.63. The molecule has 0 unspecified atom stereocenters. The van der Waals surface area contributed by atoms with E-state index in [1.807, 2.05) is 31.2 Å². The van der Waals surface area contributed by atoms with E-state index in [2.05, 4.69) is 10.3 Å². The van der Waals surface area contributed by atoms with Crippen molar-refractivity contribution in [3.05, 3.63) is 29.3 Å². The van der Waals surface area contributed by atoms with Crippen LogP contribution in [0.5, 0.6) is 0 Å². The molecule has 1 aromatic heterocycles. The van der Waals surface area contributed by atoms with Crippen LogP contribution >= 0.6 is 11.3 Å². The number of nitrogens with one attached hydrogen (secondary N) is 1. The summed E-state index contributed by atoms with van der Waals surface area (Å²) < 4.78 is 1.10. The van der Waals surface area contributed by atoms with Gasteiger partial charge in [0, 0.05) is 20.0 Å². The predicted octanol–water partition coefficient (Wildman–Crippen LogP) is 2.15. The fraction of sp³-hybridized carbons (Fsp3) is 0.412. The second-order valence-electron chi connectivity index (χ2n) is 6.01. The van der Waals surface area contributed by atoms with E-state index >= 15 is 0 Å². The van der Waals surface area contributed by atoms with Crippen LogP contribution in [-0.4, -0.2) is 52.8 Å². The molecular weight excluding hydrogens is 340 g/mol. The van der Waals surface area contributed by atoms with E-state index in [4.69, 9.17) is 0 Å². The van der Waals surface area contributed by atoms with E-state index in [9.17, 15) is 14.4 Å². The number of nitrogens with zero attached hydrogens (tertiary/aromatic N) is 3. The van der Waals surface area contributed by atoms with Gasteiger partial charge in [0.05, 0.1) is 22.8 Å². The highest BCUT2D eigenvalue weighted by molar-refractivity contribution is 7.18. The zero-order valence-corrected chi connectivity index (χ0v) is 15.0. The van der Waals surface area contributed by atoms with Gasteiger partial charge in [-0.3, -0.25) is 14.5 Å². The maximum absolute atomic E-state index is 12.4. The van der Waals surface area contributed by atoms with Crippen LogP contribution in [0.4, 0.5) is 4.79 Å². The molecule has 0 spiro atoms. The van der Waals surface area contributed by atoms with Crippen LogP contribution in [0.25, 0.3) is 10.2 Å². The van der Waals surface area contributed by atoms with Gasteiger partial charge in [0.15, 0.2) is 0 Å². The van der Waals surface area contributed by atoms with Crippen LogP contribution in [0.2, 0.25) is 0 Å². The van der Waals surface area contributed by atoms with Gasteiger partial charge >= 0.3 is 6.03 Å². The standard InChI is InChI=1S/C17H20N4O3S/c1-11(16-19-12-6-3-4-7-13(12)25-16)20(2)14(22)8-5-9-21-15(23)10-18-17(21)24/h3-4,6-7,11H,5,8-10H2,1-2H3,(H,18,24)/t11-/m0/s1. The fourth-order valence-corrected chi connectivity index (χ4v) is 3.76. The van der Waals surface area contributed by atoms with Crippen LogP contribution in [-0.2, 0) is 9.59 Å². The first-order valence-electron chi connectivity index (χ1n) is 8.16. The molecule has 3 rings (SSSR count). The van der Waals surface area contributed by atoms with Crippen LogP contribution in [0.3, 0.4) is 0 Å². The summed E-state index contributed by atoms with van der Waals surface area (Å²) >= 11 is 1.59. The summed E-state index contributed by atoms with van der Waals surface area (Å²) in [5, 5.41) is 3.36. The molecule has 1 saturated heterocycles. The van der Waals surface area contributed by atoms with Gasteiger partial charge in [-0.2, -0.15) is 0 Å². The third-order valence-corrected chi connectivity index (χ3v) is 5.56. The van der Waals surface area contributed by atoms with Crippen molar-refractivity contribution >= 4 is 39.4 Å². The molecule has 0 radical (unpaired) electrons. The van der Waals surface area contributed by atoms with Crippen molar-refractivity contribution in [2.24, 2.45) is 0 Å². The van der Waals surface area contributed by atoms with E-state index in [-0.39, 0.29) is 43.4 Å². The SMILES string of the molecule is C[C@@H](c1nc2ccccc2s1)N(C)C(=O)CCCN1C(=O)CNC1=O. The second-order valence-corrected chi connectivity index (χ2v) is 7.07. The first-order chi connectivity index (χ1) is 12.0. The summed E-state index contributed by atoms with van der Waals surface area (Å²) in [6.07, 6.45) is 0.734. The topological polar surface area (TPSA) is 82.6 Å². The number of rotatable bonds is 6. The second kappa shape index (κ2) is 7.18. The molecule has 0 aliphatic carbocycles. The van der Waals surface area contributed by atoms with Crippen LogP contribution in [0.1, 0.15) is 30.8 Å². The molecule has 132 valence electrons. The number of urea groups is 1. The van der Waals surface area contributed by atoms with Gasteiger partial charge in [0.2, 0.25) is 11.8 Å². The zero-order chi connectivity index (χ0) is 18.0. The Labute approximate surface area is 149 Å². The van der Waals surface area contributed by atoms with E-state index in [0.29, 0.717) is 6.42 Å². The lowest BCUT2D eigenvalue weighted by Gasteiger charge is -2.23. The molecule has 1 aromatic carbocycles. The van der Waals surface area contributed by atoms with E-state index in [1.54, 1.807) is 23.3 Å². The maximum atomic E-state index is 12.4. The Balaban J connectivity index is 1.56. The highest BCUT2D eigenvalue weighted by Gasteiger charge is 2.28.